The summed E-state index contributed by atoms with van der Waals surface area (Å²) < 4.78 is 1.88. The predicted octanol–water partition coefficient (Wildman–Crippen LogP) is 4.24. The molecule has 23 heavy (non-hydrogen) atoms. The lowest BCUT2D eigenvalue weighted by atomic mass is 10.2. The highest BCUT2D eigenvalue weighted by atomic mass is 35.5. The number of halogens is 1. The number of H-pyrrole nitrogens is 1. The molecule has 0 unspecified atom stereocenters. The van der Waals surface area contributed by atoms with Crippen LogP contribution < -0.4 is 11.0 Å². The zero-order chi connectivity index (χ0) is 15.8. The Kier molecular flexibility index (Phi) is 3.58. The molecule has 1 aliphatic carbocycles. The minimum absolute atomic E-state index is 0.0476. The van der Waals surface area contributed by atoms with Crippen LogP contribution in [0.1, 0.15) is 31.7 Å². The molecule has 2 N–H and O–H groups in total. The molecule has 1 aliphatic rings. The molecule has 2 aromatic heterocycles. The van der Waals surface area contributed by atoms with Crippen LogP contribution in [0.4, 0.5) is 11.5 Å². The first-order valence-corrected chi connectivity index (χ1v) is 8.21. The summed E-state index contributed by atoms with van der Waals surface area (Å²) in [6.07, 6.45) is 6.19. The lowest BCUT2D eigenvalue weighted by Crippen LogP contribution is -2.20. The van der Waals surface area contributed by atoms with E-state index in [9.17, 15) is 4.79 Å². The summed E-state index contributed by atoms with van der Waals surface area (Å²) in [6, 6.07) is 9.69. The number of rotatable bonds is 3. The molecular weight excluding hydrogens is 312 g/mol. The lowest BCUT2D eigenvalue weighted by Gasteiger charge is -2.12. The summed E-state index contributed by atoms with van der Waals surface area (Å²) in [6.45, 7) is 0. The van der Waals surface area contributed by atoms with Crippen molar-refractivity contribution in [2.24, 2.45) is 0 Å². The minimum Gasteiger partial charge on any atom is -0.340 e. The number of benzene rings is 1. The van der Waals surface area contributed by atoms with Crippen LogP contribution in [-0.2, 0) is 0 Å². The van der Waals surface area contributed by atoms with Gasteiger partial charge >= 0.3 is 5.69 Å². The van der Waals surface area contributed by atoms with Crippen molar-refractivity contribution < 1.29 is 0 Å². The van der Waals surface area contributed by atoms with Gasteiger partial charge in [-0.05, 0) is 31.0 Å². The van der Waals surface area contributed by atoms with Crippen molar-refractivity contribution in [2.75, 3.05) is 5.32 Å². The van der Waals surface area contributed by atoms with Crippen molar-refractivity contribution in [3.05, 3.63) is 52.0 Å². The summed E-state index contributed by atoms with van der Waals surface area (Å²) in [5.74, 6) is 0.700. The highest BCUT2D eigenvalue weighted by Crippen LogP contribution is 2.31. The van der Waals surface area contributed by atoms with Gasteiger partial charge in [0, 0.05) is 22.8 Å². The highest BCUT2D eigenvalue weighted by Gasteiger charge is 2.21. The van der Waals surface area contributed by atoms with Crippen molar-refractivity contribution in [2.45, 2.75) is 31.7 Å². The van der Waals surface area contributed by atoms with Crippen molar-refractivity contribution in [3.8, 4) is 0 Å². The largest absolute Gasteiger partial charge is 0.340 e. The Bertz CT molecular complexity index is 908. The van der Waals surface area contributed by atoms with Gasteiger partial charge in [0.1, 0.15) is 5.82 Å². The molecule has 0 radical (unpaired) electrons. The molecule has 118 valence electrons. The van der Waals surface area contributed by atoms with Gasteiger partial charge in [0.25, 0.3) is 0 Å². The second kappa shape index (κ2) is 5.74. The summed E-state index contributed by atoms with van der Waals surface area (Å²) in [7, 11) is 0. The molecule has 1 aromatic carbocycles. The number of hydrogen-bond donors (Lipinski definition) is 2. The molecule has 1 fully saturated rings. The second-order valence-corrected chi connectivity index (χ2v) is 6.40. The molecule has 0 bridgehead atoms. The molecule has 4 rings (SSSR count). The monoisotopic (exact) mass is 328 g/mol. The van der Waals surface area contributed by atoms with Gasteiger partial charge in [-0.15, -0.1) is 0 Å². The Morgan fingerprint density at radius 1 is 1.26 bits per heavy atom. The van der Waals surface area contributed by atoms with Gasteiger partial charge in [0.05, 0.1) is 17.2 Å². The molecular formula is C17H17ClN4O. The minimum atomic E-state index is -0.0476. The van der Waals surface area contributed by atoms with Gasteiger partial charge in [0.2, 0.25) is 0 Å². The first-order chi connectivity index (χ1) is 11.2. The van der Waals surface area contributed by atoms with Crippen molar-refractivity contribution >= 4 is 34.1 Å². The zero-order valence-electron chi connectivity index (χ0n) is 12.6. The van der Waals surface area contributed by atoms with E-state index in [0.717, 1.165) is 29.6 Å². The molecule has 6 heteroatoms. The van der Waals surface area contributed by atoms with Crippen LogP contribution in [0.2, 0.25) is 5.02 Å². The number of nitrogens with zero attached hydrogens (tertiary/aromatic N) is 2. The Morgan fingerprint density at radius 2 is 2.09 bits per heavy atom. The van der Waals surface area contributed by atoms with Crippen LogP contribution in [0.15, 0.2) is 41.3 Å². The molecule has 2 heterocycles. The number of hydrogen-bond acceptors (Lipinski definition) is 3. The van der Waals surface area contributed by atoms with E-state index in [1.165, 1.54) is 12.8 Å². The smallest absolute Gasteiger partial charge is 0.326 e. The van der Waals surface area contributed by atoms with E-state index in [2.05, 4.69) is 15.3 Å². The highest BCUT2D eigenvalue weighted by molar-refractivity contribution is 6.30. The molecule has 0 saturated heterocycles. The maximum absolute atomic E-state index is 12.3. The fourth-order valence-corrected chi connectivity index (χ4v) is 3.52. The predicted molar refractivity (Wildman–Crippen MR) is 92.6 cm³/mol. The third-order valence-corrected chi connectivity index (χ3v) is 4.62. The Labute approximate surface area is 138 Å². The summed E-state index contributed by atoms with van der Waals surface area (Å²) in [4.78, 5) is 19.6. The third-order valence-electron chi connectivity index (χ3n) is 4.39. The number of aromatic nitrogens is 3. The van der Waals surface area contributed by atoms with Crippen LogP contribution in [0.3, 0.4) is 0 Å². The van der Waals surface area contributed by atoms with Crippen LogP contribution in [0, 0.1) is 0 Å². The van der Waals surface area contributed by atoms with Crippen LogP contribution >= 0.6 is 11.6 Å². The van der Waals surface area contributed by atoms with E-state index in [4.69, 9.17) is 11.6 Å². The summed E-state index contributed by atoms with van der Waals surface area (Å²) in [5.41, 5.74) is 2.50. The van der Waals surface area contributed by atoms with Gasteiger partial charge in [-0.2, -0.15) is 0 Å². The van der Waals surface area contributed by atoms with Gasteiger partial charge in [-0.3, -0.25) is 4.57 Å². The Balaban J connectivity index is 1.74. The first kappa shape index (κ1) is 14.3. The third kappa shape index (κ3) is 2.72. The van der Waals surface area contributed by atoms with Crippen LogP contribution in [0.5, 0.6) is 0 Å². The van der Waals surface area contributed by atoms with Crippen molar-refractivity contribution in [1.82, 2.24) is 14.5 Å². The fraction of sp³-hybridized carbons (Fsp3) is 0.294. The molecule has 1 saturated carbocycles. The normalized spacial score (nSPS) is 15.3. The molecule has 5 nitrogen and oxygen atoms in total. The average Bonchev–Trinajstić information content (AvgIpc) is 3.13. The van der Waals surface area contributed by atoms with Gasteiger partial charge in [0.15, 0.2) is 0 Å². The topological polar surface area (TPSA) is 62.7 Å². The molecule has 3 aromatic rings. The quantitative estimate of drug-likeness (QED) is 0.756. The SMILES string of the molecule is O=c1[nH]c2cnc(Nc3cccc(Cl)c3)cc2n1C1CCCC1. The van der Waals surface area contributed by atoms with Crippen LogP contribution in [0.25, 0.3) is 11.0 Å². The lowest BCUT2D eigenvalue weighted by molar-refractivity contribution is 0.518. The molecule has 0 spiro atoms. The van der Waals surface area contributed by atoms with Gasteiger partial charge in [-0.1, -0.05) is 30.5 Å². The van der Waals surface area contributed by atoms with E-state index >= 15 is 0 Å². The summed E-state index contributed by atoms with van der Waals surface area (Å²) >= 11 is 6.01. The standard InChI is InChI=1S/C17H17ClN4O/c18-11-4-3-5-12(8-11)20-16-9-15-14(10-19-16)21-17(23)22(15)13-6-1-2-7-13/h3-5,8-10,13H,1-2,6-7H2,(H,19,20)(H,21,23). The number of imidazole rings is 1. The number of fused-ring (bicyclic) bond motifs is 1. The Hall–Kier alpha value is -2.27. The van der Waals surface area contributed by atoms with Gasteiger partial charge in [-0.25, -0.2) is 9.78 Å². The number of pyridine rings is 1. The van der Waals surface area contributed by atoms with Crippen molar-refractivity contribution in [3.63, 3.8) is 0 Å². The zero-order valence-corrected chi connectivity index (χ0v) is 13.3. The van der Waals surface area contributed by atoms with Crippen LogP contribution in [-0.4, -0.2) is 14.5 Å². The maximum Gasteiger partial charge on any atom is 0.326 e. The summed E-state index contributed by atoms with van der Waals surface area (Å²) in [5, 5.41) is 3.91. The van der Waals surface area contributed by atoms with E-state index in [1.54, 1.807) is 6.20 Å². The van der Waals surface area contributed by atoms with Crippen molar-refractivity contribution in [1.29, 1.82) is 0 Å². The fourth-order valence-electron chi connectivity index (χ4n) is 3.33. The van der Waals surface area contributed by atoms with E-state index < -0.39 is 0 Å². The number of aromatic amines is 1. The van der Waals surface area contributed by atoms with Gasteiger partial charge < -0.3 is 10.3 Å². The molecule has 0 atom stereocenters. The van der Waals surface area contributed by atoms with E-state index in [0.29, 0.717) is 10.8 Å². The van der Waals surface area contributed by atoms with E-state index in [1.807, 2.05) is 34.9 Å². The molecule has 0 aliphatic heterocycles. The Morgan fingerprint density at radius 3 is 2.87 bits per heavy atom. The molecule has 0 amide bonds. The number of nitrogens with one attached hydrogen (secondary N) is 2. The first-order valence-electron chi connectivity index (χ1n) is 7.83. The second-order valence-electron chi connectivity index (χ2n) is 5.96. The van der Waals surface area contributed by atoms with E-state index in [-0.39, 0.29) is 11.7 Å². The number of anilines is 2. The maximum atomic E-state index is 12.3. The average molecular weight is 329 g/mol.